The summed E-state index contributed by atoms with van der Waals surface area (Å²) in [5.74, 6) is -0.0911. The Balaban J connectivity index is 1.76. The van der Waals surface area contributed by atoms with E-state index in [2.05, 4.69) is 5.32 Å². The molecule has 2 atom stereocenters. The lowest BCUT2D eigenvalue weighted by Gasteiger charge is -2.36. The number of carbonyl (C=O) groups is 1. The highest BCUT2D eigenvalue weighted by Crippen LogP contribution is 2.50. The molecule has 0 bridgehead atoms. The van der Waals surface area contributed by atoms with Gasteiger partial charge in [-0.05, 0) is 50.3 Å². The average Bonchev–Trinajstić information content (AvgIpc) is 3.26. The Morgan fingerprint density at radius 2 is 1.80 bits per heavy atom. The molecule has 2 aliphatic rings. The third-order valence-electron chi connectivity index (χ3n) is 6.64. The molecule has 2 aliphatic heterocycles. The zero-order chi connectivity index (χ0) is 21.5. The van der Waals surface area contributed by atoms with Crippen LogP contribution in [0.2, 0.25) is 0 Å². The van der Waals surface area contributed by atoms with Crippen LogP contribution in [0.25, 0.3) is 0 Å². The lowest BCUT2D eigenvalue weighted by Crippen LogP contribution is -2.52. The Kier molecular flexibility index (Phi) is 5.46. The van der Waals surface area contributed by atoms with E-state index in [4.69, 9.17) is 0 Å². The minimum atomic E-state index is -3.69. The Morgan fingerprint density at radius 3 is 2.50 bits per heavy atom. The van der Waals surface area contributed by atoms with Crippen molar-refractivity contribution in [1.82, 2.24) is 8.61 Å². The summed E-state index contributed by atoms with van der Waals surface area (Å²) in [6.45, 7) is 4.06. The van der Waals surface area contributed by atoms with Crippen LogP contribution in [0.5, 0.6) is 0 Å². The van der Waals surface area contributed by atoms with Gasteiger partial charge in [-0.25, -0.2) is 0 Å². The number of carbonyl (C=O) groups excluding carboxylic acids is 1. The number of anilines is 1. The highest BCUT2D eigenvalue weighted by atomic mass is 32.2. The second-order valence-corrected chi connectivity index (χ2v) is 10.4. The molecule has 0 aromatic heterocycles. The van der Waals surface area contributed by atoms with Gasteiger partial charge in [-0.1, -0.05) is 48.5 Å². The van der Waals surface area contributed by atoms with Gasteiger partial charge < -0.3 is 5.32 Å². The standard InChI is InChI=1S/C23H29N3O3S/c1-17(2)25(3)30(28,29)26-16-15-23(19-11-7-8-12-20(19)24-22(23)27)21(26)14-13-18-9-5-4-6-10-18/h4-12,17,21H,13-16H2,1-3H3,(H,24,27)/t21-,23-/m0/s1. The first-order chi connectivity index (χ1) is 14.3. The monoisotopic (exact) mass is 427 g/mol. The topological polar surface area (TPSA) is 69.7 Å². The Hall–Kier alpha value is -2.22. The van der Waals surface area contributed by atoms with E-state index in [9.17, 15) is 13.2 Å². The van der Waals surface area contributed by atoms with Gasteiger partial charge in [-0.2, -0.15) is 17.0 Å². The van der Waals surface area contributed by atoms with E-state index in [1.54, 1.807) is 11.4 Å². The molecule has 0 radical (unpaired) electrons. The normalized spacial score (nSPS) is 24.0. The largest absolute Gasteiger partial charge is 0.325 e. The maximum Gasteiger partial charge on any atom is 0.282 e. The molecule has 160 valence electrons. The summed E-state index contributed by atoms with van der Waals surface area (Å²) in [7, 11) is -2.08. The van der Waals surface area contributed by atoms with Crippen LogP contribution in [-0.4, -0.2) is 48.6 Å². The molecule has 4 rings (SSSR count). The SMILES string of the molecule is CC(C)N(C)S(=O)(=O)N1CC[C@@]2(C(=O)Nc3ccccc32)[C@@H]1CCc1ccccc1. The van der Waals surface area contributed by atoms with Gasteiger partial charge in [0.1, 0.15) is 0 Å². The van der Waals surface area contributed by atoms with Crippen LogP contribution >= 0.6 is 0 Å². The molecule has 1 fully saturated rings. The Labute approximate surface area is 179 Å². The summed E-state index contributed by atoms with van der Waals surface area (Å²) >= 11 is 0. The van der Waals surface area contributed by atoms with Gasteiger partial charge in [0, 0.05) is 31.4 Å². The number of nitrogens with zero attached hydrogens (tertiary/aromatic N) is 2. The number of benzene rings is 2. The number of para-hydroxylation sites is 1. The van der Waals surface area contributed by atoms with Crippen molar-refractivity contribution in [3.05, 3.63) is 65.7 Å². The first-order valence-corrected chi connectivity index (χ1v) is 11.9. The number of aryl methyl sites for hydroxylation is 1. The third kappa shape index (κ3) is 3.25. The third-order valence-corrected chi connectivity index (χ3v) is 8.82. The van der Waals surface area contributed by atoms with Gasteiger partial charge >= 0.3 is 0 Å². The summed E-state index contributed by atoms with van der Waals surface area (Å²) < 4.78 is 29.9. The lowest BCUT2D eigenvalue weighted by atomic mass is 9.73. The number of hydrogen-bond donors (Lipinski definition) is 1. The average molecular weight is 428 g/mol. The summed E-state index contributed by atoms with van der Waals surface area (Å²) in [6, 6.07) is 17.1. The van der Waals surface area contributed by atoms with Crippen LogP contribution in [-0.2, 0) is 26.8 Å². The molecule has 0 saturated carbocycles. The molecule has 1 N–H and O–H groups in total. The predicted molar refractivity (Wildman–Crippen MR) is 118 cm³/mol. The fraction of sp³-hybridized carbons (Fsp3) is 0.435. The van der Waals surface area contributed by atoms with Gasteiger partial charge in [0.25, 0.3) is 10.2 Å². The molecule has 1 spiro atoms. The quantitative estimate of drug-likeness (QED) is 0.770. The first-order valence-electron chi connectivity index (χ1n) is 10.5. The van der Waals surface area contributed by atoms with Crippen molar-refractivity contribution in [3.63, 3.8) is 0 Å². The van der Waals surface area contributed by atoms with Crippen LogP contribution < -0.4 is 5.32 Å². The molecule has 6 nitrogen and oxygen atoms in total. The van der Waals surface area contributed by atoms with Crippen LogP contribution in [0.15, 0.2) is 54.6 Å². The zero-order valence-electron chi connectivity index (χ0n) is 17.7. The molecule has 7 heteroatoms. The van der Waals surface area contributed by atoms with Crippen LogP contribution in [0.4, 0.5) is 5.69 Å². The number of fused-ring (bicyclic) bond motifs is 2. The fourth-order valence-corrected chi connectivity index (χ4v) is 6.61. The van der Waals surface area contributed by atoms with E-state index in [-0.39, 0.29) is 11.9 Å². The molecule has 1 amide bonds. The Bertz CT molecular complexity index is 1040. The van der Waals surface area contributed by atoms with E-state index in [0.717, 1.165) is 16.8 Å². The maximum atomic E-state index is 13.5. The molecule has 2 aromatic rings. The van der Waals surface area contributed by atoms with E-state index in [0.29, 0.717) is 25.8 Å². The summed E-state index contributed by atoms with van der Waals surface area (Å²) in [5.41, 5.74) is 2.00. The van der Waals surface area contributed by atoms with Crippen LogP contribution in [0.1, 0.15) is 37.8 Å². The molecule has 0 aliphatic carbocycles. The molecule has 2 aromatic carbocycles. The fourth-order valence-electron chi connectivity index (χ4n) is 4.82. The van der Waals surface area contributed by atoms with Crippen LogP contribution in [0.3, 0.4) is 0 Å². The first kappa shape index (κ1) is 21.0. The molecule has 30 heavy (non-hydrogen) atoms. The van der Waals surface area contributed by atoms with E-state index >= 15 is 0 Å². The lowest BCUT2D eigenvalue weighted by molar-refractivity contribution is -0.121. The molecular weight excluding hydrogens is 398 g/mol. The van der Waals surface area contributed by atoms with Gasteiger partial charge in [-0.15, -0.1) is 0 Å². The van der Waals surface area contributed by atoms with Crippen molar-refractivity contribution < 1.29 is 13.2 Å². The molecule has 2 heterocycles. The van der Waals surface area contributed by atoms with Crippen molar-refractivity contribution >= 4 is 21.8 Å². The highest BCUT2D eigenvalue weighted by Gasteiger charge is 2.60. The summed E-state index contributed by atoms with van der Waals surface area (Å²) in [6.07, 6.45) is 1.78. The second kappa shape index (κ2) is 7.80. The summed E-state index contributed by atoms with van der Waals surface area (Å²) in [5, 5.41) is 3.01. The van der Waals surface area contributed by atoms with Crippen molar-refractivity contribution in [1.29, 1.82) is 0 Å². The van der Waals surface area contributed by atoms with Crippen molar-refractivity contribution in [2.75, 3.05) is 18.9 Å². The number of nitrogens with one attached hydrogen (secondary N) is 1. The predicted octanol–water partition coefficient (Wildman–Crippen LogP) is 3.17. The van der Waals surface area contributed by atoms with E-state index in [1.807, 2.05) is 68.4 Å². The van der Waals surface area contributed by atoms with Crippen molar-refractivity contribution in [2.45, 2.75) is 50.6 Å². The van der Waals surface area contributed by atoms with Gasteiger partial charge in [0.15, 0.2) is 0 Å². The minimum absolute atomic E-state index is 0.0911. The van der Waals surface area contributed by atoms with Crippen LogP contribution in [0, 0.1) is 0 Å². The van der Waals surface area contributed by atoms with E-state index in [1.165, 1.54) is 4.31 Å². The van der Waals surface area contributed by atoms with Crippen molar-refractivity contribution in [3.8, 4) is 0 Å². The van der Waals surface area contributed by atoms with Gasteiger partial charge in [0.05, 0.1) is 5.41 Å². The van der Waals surface area contributed by atoms with Gasteiger partial charge in [-0.3, -0.25) is 4.79 Å². The summed E-state index contributed by atoms with van der Waals surface area (Å²) in [4.78, 5) is 13.3. The zero-order valence-corrected chi connectivity index (χ0v) is 18.5. The van der Waals surface area contributed by atoms with E-state index < -0.39 is 21.7 Å². The number of amides is 1. The highest BCUT2D eigenvalue weighted by molar-refractivity contribution is 7.86. The molecule has 0 unspecified atom stereocenters. The Morgan fingerprint density at radius 1 is 1.13 bits per heavy atom. The van der Waals surface area contributed by atoms with Gasteiger partial charge in [0.2, 0.25) is 5.91 Å². The smallest absolute Gasteiger partial charge is 0.282 e. The minimum Gasteiger partial charge on any atom is -0.325 e. The molecule has 1 saturated heterocycles. The maximum absolute atomic E-state index is 13.5. The number of rotatable bonds is 6. The number of hydrogen-bond acceptors (Lipinski definition) is 3. The second-order valence-electron chi connectivity index (χ2n) is 8.49. The molecular formula is C23H29N3O3S. The van der Waals surface area contributed by atoms with Crippen molar-refractivity contribution in [2.24, 2.45) is 0 Å².